The van der Waals surface area contributed by atoms with Gasteiger partial charge in [0.25, 0.3) is 0 Å². The maximum Gasteiger partial charge on any atom is 0.123 e. The Labute approximate surface area is 140 Å². The predicted octanol–water partition coefficient (Wildman–Crippen LogP) is 3.86. The molecule has 2 fully saturated rings. The van der Waals surface area contributed by atoms with Gasteiger partial charge in [-0.05, 0) is 101 Å². The van der Waals surface area contributed by atoms with E-state index in [9.17, 15) is 4.39 Å². The Morgan fingerprint density at radius 3 is 2.83 bits per heavy atom. The second kappa shape index (κ2) is 8.25. The van der Waals surface area contributed by atoms with Gasteiger partial charge in [-0.3, -0.25) is 0 Å². The minimum atomic E-state index is -0.104. The molecule has 2 aliphatic rings. The van der Waals surface area contributed by atoms with E-state index >= 15 is 0 Å². The molecule has 2 aliphatic heterocycles. The van der Waals surface area contributed by atoms with Crippen LogP contribution in [0.2, 0.25) is 0 Å². The maximum absolute atomic E-state index is 13.3. The molecule has 2 atom stereocenters. The lowest BCUT2D eigenvalue weighted by Crippen LogP contribution is -2.44. The van der Waals surface area contributed by atoms with E-state index in [1.165, 1.54) is 64.2 Å². The van der Waals surface area contributed by atoms with E-state index in [0.29, 0.717) is 6.04 Å². The Morgan fingerprint density at radius 2 is 2.04 bits per heavy atom. The molecule has 0 aromatic heterocycles. The second-order valence-electron chi connectivity index (χ2n) is 7.61. The zero-order valence-corrected chi connectivity index (χ0v) is 14.4. The molecule has 2 nitrogen and oxygen atoms in total. The van der Waals surface area contributed by atoms with E-state index in [1.807, 2.05) is 6.07 Å². The van der Waals surface area contributed by atoms with E-state index in [4.69, 9.17) is 0 Å². The molecule has 0 aliphatic carbocycles. The molecule has 0 radical (unpaired) electrons. The van der Waals surface area contributed by atoms with Gasteiger partial charge in [0.05, 0.1) is 0 Å². The zero-order chi connectivity index (χ0) is 16.1. The summed E-state index contributed by atoms with van der Waals surface area (Å²) >= 11 is 0. The Morgan fingerprint density at radius 1 is 1.22 bits per heavy atom. The van der Waals surface area contributed by atoms with Crippen LogP contribution in [0.1, 0.15) is 44.1 Å². The van der Waals surface area contributed by atoms with Gasteiger partial charge in [-0.15, -0.1) is 0 Å². The van der Waals surface area contributed by atoms with Crippen LogP contribution in [0, 0.1) is 17.7 Å². The Balaban J connectivity index is 1.51. The van der Waals surface area contributed by atoms with Crippen LogP contribution in [-0.2, 0) is 6.42 Å². The minimum Gasteiger partial charge on any atom is -0.314 e. The van der Waals surface area contributed by atoms with Gasteiger partial charge in [-0.2, -0.15) is 0 Å². The third kappa shape index (κ3) is 5.02. The molecule has 0 saturated carbocycles. The average molecular weight is 318 g/mol. The number of hydrogen-bond acceptors (Lipinski definition) is 2. The maximum atomic E-state index is 13.3. The number of rotatable bonds is 5. The van der Waals surface area contributed by atoms with Gasteiger partial charge in [-0.25, -0.2) is 4.39 Å². The summed E-state index contributed by atoms with van der Waals surface area (Å²) in [5.41, 5.74) is 1.15. The first-order valence-corrected chi connectivity index (χ1v) is 9.37. The molecule has 2 saturated heterocycles. The summed E-state index contributed by atoms with van der Waals surface area (Å²) in [5, 5.41) is 3.79. The Hall–Kier alpha value is -0.930. The quantitative estimate of drug-likeness (QED) is 0.887. The van der Waals surface area contributed by atoms with E-state index < -0.39 is 0 Å². The van der Waals surface area contributed by atoms with Crippen molar-refractivity contribution in [2.24, 2.45) is 11.8 Å². The zero-order valence-electron chi connectivity index (χ0n) is 14.4. The summed E-state index contributed by atoms with van der Waals surface area (Å²) in [4.78, 5) is 2.45. The molecular formula is C20H31FN2. The molecule has 2 heterocycles. The normalized spacial score (nSPS) is 27.2. The third-order valence-corrected chi connectivity index (χ3v) is 5.85. The van der Waals surface area contributed by atoms with Crippen LogP contribution in [0.15, 0.2) is 24.3 Å². The summed E-state index contributed by atoms with van der Waals surface area (Å²) in [6, 6.07) is 7.80. The highest BCUT2D eigenvalue weighted by atomic mass is 19.1. The number of piperidine rings is 2. The first-order chi connectivity index (χ1) is 11.2. The first kappa shape index (κ1) is 16.9. The smallest absolute Gasteiger partial charge is 0.123 e. The van der Waals surface area contributed by atoms with Crippen LogP contribution < -0.4 is 5.32 Å². The molecule has 3 rings (SSSR count). The van der Waals surface area contributed by atoms with Crippen molar-refractivity contribution in [3.8, 4) is 0 Å². The standard InChI is InChI=1S/C20H31FN2/c1-23-12-9-17(10-13-23)15-20-18(5-3-11-22-20)8-7-16-4-2-6-19(21)14-16/h2,4,6,14,17-18,20,22H,3,5,7-13,15H2,1H3. The number of hydrogen-bond donors (Lipinski definition) is 1. The molecular weight excluding hydrogens is 287 g/mol. The highest BCUT2D eigenvalue weighted by Crippen LogP contribution is 2.30. The number of nitrogens with one attached hydrogen (secondary N) is 1. The van der Waals surface area contributed by atoms with E-state index in [0.717, 1.165) is 23.8 Å². The lowest BCUT2D eigenvalue weighted by Gasteiger charge is -2.37. The lowest BCUT2D eigenvalue weighted by atomic mass is 9.79. The van der Waals surface area contributed by atoms with Gasteiger partial charge in [0.2, 0.25) is 0 Å². The van der Waals surface area contributed by atoms with Crippen molar-refractivity contribution in [1.82, 2.24) is 10.2 Å². The van der Waals surface area contributed by atoms with Crippen LogP contribution in [0.5, 0.6) is 0 Å². The van der Waals surface area contributed by atoms with Crippen LogP contribution in [0.3, 0.4) is 0 Å². The fourth-order valence-corrected chi connectivity index (χ4v) is 4.34. The van der Waals surface area contributed by atoms with Gasteiger partial charge in [-0.1, -0.05) is 12.1 Å². The van der Waals surface area contributed by atoms with E-state index in [-0.39, 0.29) is 5.82 Å². The highest BCUT2D eigenvalue weighted by molar-refractivity contribution is 5.16. The molecule has 1 aromatic rings. The number of benzene rings is 1. The van der Waals surface area contributed by atoms with Crippen LogP contribution >= 0.6 is 0 Å². The monoisotopic (exact) mass is 318 g/mol. The van der Waals surface area contributed by atoms with Crippen molar-refractivity contribution >= 4 is 0 Å². The molecule has 3 heteroatoms. The van der Waals surface area contributed by atoms with Crippen molar-refractivity contribution in [1.29, 1.82) is 0 Å². The Kier molecular flexibility index (Phi) is 6.07. The molecule has 0 spiro atoms. The fraction of sp³-hybridized carbons (Fsp3) is 0.700. The van der Waals surface area contributed by atoms with Gasteiger partial charge in [0, 0.05) is 6.04 Å². The highest BCUT2D eigenvalue weighted by Gasteiger charge is 2.28. The molecule has 1 N–H and O–H groups in total. The first-order valence-electron chi connectivity index (χ1n) is 9.37. The molecule has 23 heavy (non-hydrogen) atoms. The van der Waals surface area contributed by atoms with Crippen LogP contribution in [0.4, 0.5) is 4.39 Å². The summed E-state index contributed by atoms with van der Waals surface area (Å²) in [7, 11) is 2.23. The lowest BCUT2D eigenvalue weighted by molar-refractivity contribution is 0.168. The fourth-order valence-electron chi connectivity index (χ4n) is 4.34. The number of nitrogens with zero attached hydrogens (tertiary/aromatic N) is 1. The molecule has 0 bridgehead atoms. The van der Waals surface area contributed by atoms with Crippen LogP contribution in [-0.4, -0.2) is 37.6 Å². The molecule has 128 valence electrons. The van der Waals surface area contributed by atoms with Crippen molar-refractivity contribution in [2.75, 3.05) is 26.7 Å². The van der Waals surface area contributed by atoms with Gasteiger partial charge < -0.3 is 10.2 Å². The number of halogens is 1. The van der Waals surface area contributed by atoms with E-state index in [1.54, 1.807) is 6.07 Å². The summed E-state index contributed by atoms with van der Waals surface area (Å²) in [6.45, 7) is 3.68. The van der Waals surface area contributed by atoms with Gasteiger partial charge >= 0.3 is 0 Å². The molecule has 2 unspecified atom stereocenters. The average Bonchev–Trinajstić information content (AvgIpc) is 2.56. The number of aryl methyl sites for hydroxylation is 1. The minimum absolute atomic E-state index is 0.104. The largest absolute Gasteiger partial charge is 0.314 e. The predicted molar refractivity (Wildman–Crippen MR) is 94.1 cm³/mol. The number of likely N-dealkylation sites (tertiary alicyclic amines) is 1. The van der Waals surface area contributed by atoms with Gasteiger partial charge in [0.1, 0.15) is 5.82 Å². The van der Waals surface area contributed by atoms with Crippen molar-refractivity contribution in [2.45, 2.75) is 51.0 Å². The topological polar surface area (TPSA) is 15.3 Å². The summed E-state index contributed by atoms with van der Waals surface area (Å²) in [6.07, 6.45) is 8.86. The summed E-state index contributed by atoms with van der Waals surface area (Å²) in [5.74, 6) is 1.54. The van der Waals surface area contributed by atoms with Crippen LogP contribution in [0.25, 0.3) is 0 Å². The SMILES string of the molecule is CN1CCC(CC2NCCCC2CCc2cccc(F)c2)CC1. The van der Waals surface area contributed by atoms with Gasteiger partial charge in [0.15, 0.2) is 0 Å². The Bertz CT molecular complexity index is 482. The summed E-state index contributed by atoms with van der Waals surface area (Å²) < 4.78 is 13.3. The van der Waals surface area contributed by atoms with Crippen molar-refractivity contribution < 1.29 is 4.39 Å². The van der Waals surface area contributed by atoms with Crippen molar-refractivity contribution in [3.05, 3.63) is 35.6 Å². The van der Waals surface area contributed by atoms with E-state index in [2.05, 4.69) is 23.3 Å². The third-order valence-electron chi connectivity index (χ3n) is 5.85. The van der Waals surface area contributed by atoms with Crippen molar-refractivity contribution in [3.63, 3.8) is 0 Å². The molecule has 1 aromatic carbocycles. The molecule has 0 amide bonds. The second-order valence-corrected chi connectivity index (χ2v) is 7.61.